The minimum absolute atomic E-state index is 0.0000557. The molecule has 1 aliphatic carbocycles. The van der Waals surface area contributed by atoms with E-state index < -0.39 is 17.6 Å². The molecule has 27 heavy (non-hydrogen) atoms. The molecule has 0 heterocycles. The number of carbonyl (C=O) groups excluding carboxylic acids is 2. The first-order valence-corrected chi connectivity index (χ1v) is 8.01. The number of benzene rings is 2. The van der Waals surface area contributed by atoms with Gasteiger partial charge < -0.3 is 16.4 Å². The lowest BCUT2D eigenvalue weighted by atomic mass is 9.82. The molecule has 4 N–H and O–H groups in total. The van der Waals surface area contributed by atoms with Gasteiger partial charge in [-0.15, -0.1) is 0 Å². The quantitative estimate of drug-likeness (QED) is 0.422. The zero-order valence-corrected chi connectivity index (χ0v) is 14.4. The Balaban J connectivity index is 2.18. The van der Waals surface area contributed by atoms with Gasteiger partial charge in [-0.3, -0.25) is 9.59 Å². The number of Topliss-reactive ketones (excluding diaryl/α,β-unsaturated/α-hetero) is 2. The summed E-state index contributed by atoms with van der Waals surface area (Å²) in [5, 5.41) is 23.5. The topological polar surface area (TPSA) is 144 Å². The predicted octanol–water partition coefficient (Wildman–Crippen LogP) is 2.41. The molecule has 1 unspecified atom stereocenters. The Hall–Kier alpha value is -3.88. The van der Waals surface area contributed by atoms with Crippen molar-refractivity contribution in [1.82, 2.24) is 5.32 Å². The molecule has 8 nitrogen and oxygen atoms in total. The summed E-state index contributed by atoms with van der Waals surface area (Å²) >= 11 is 5.87. The number of nitrogens with two attached hydrogens (primary N) is 1. The third-order valence-corrected chi connectivity index (χ3v) is 4.23. The lowest BCUT2D eigenvalue weighted by Crippen LogP contribution is -2.49. The molecule has 2 aromatic rings. The normalized spacial score (nSPS) is 17.0. The van der Waals surface area contributed by atoms with Crippen LogP contribution >= 0.6 is 11.6 Å². The van der Waals surface area contributed by atoms with Gasteiger partial charge in [0.2, 0.25) is 12.0 Å². The number of aliphatic imine (C=N–C) groups is 1. The Kier molecular flexibility index (Phi) is 4.75. The minimum atomic E-state index is -1.36. The van der Waals surface area contributed by atoms with Gasteiger partial charge in [0.05, 0.1) is 16.8 Å². The smallest absolute Gasteiger partial charge is 0.213 e. The highest BCUT2D eigenvalue weighted by molar-refractivity contribution is 6.57. The highest BCUT2D eigenvalue weighted by Gasteiger charge is 2.41. The van der Waals surface area contributed by atoms with Crippen LogP contribution in [0.4, 0.5) is 17.1 Å². The summed E-state index contributed by atoms with van der Waals surface area (Å²) in [5.41, 5.74) is 6.57. The van der Waals surface area contributed by atoms with Crippen molar-refractivity contribution in [2.75, 3.05) is 11.1 Å². The van der Waals surface area contributed by atoms with Crippen molar-refractivity contribution in [3.05, 3.63) is 52.5 Å². The maximum Gasteiger partial charge on any atom is 0.213 e. The molecule has 0 bridgehead atoms. The lowest BCUT2D eigenvalue weighted by Gasteiger charge is -2.25. The summed E-state index contributed by atoms with van der Waals surface area (Å²) in [5.74, 6) is -1.28. The van der Waals surface area contributed by atoms with Gasteiger partial charge >= 0.3 is 0 Å². The average molecular weight is 379 g/mol. The number of hydrogen-bond donors (Lipinski definition) is 3. The number of ketones is 2. The zero-order valence-electron chi connectivity index (χ0n) is 13.7. The third-order valence-electron chi connectivity index (χ3n) is 3.98. The van der Waals surface area contributed by atoms with Crippen molar-refractivity contribution in [2.24, 2.45) is 4.99 Å². The fourth-order valence-corrected chi connectivity index (χ4v) is 2.93. The maximum absolute atomic E-state index is 13.0. The van der Waals surface area contributed by atoms with Gasteiger partial charge in [0, 0.05) is 16.4 Å². The van der Waals surface area contributed by atoms with Crippen LogP contribution in [0.15, 0.2) is 41.4 Å². The largest absolute Gasteiger partial charge is 0.398 e. The summed E-state index contributed by atoms with van der Waals surface area (Å²) in [7, 11) is 0. The second kappa shape index (κ2) is 7.16. The molecule has 0 fully saturated rings. The molecule has 3 rings (SSSR count). The first kappa shape index (κ1) is 17.9. The van der Waals surface area contributed by atoms with Crippen LogP contribution < -0.4 is 16.4 Å². The summed E-state index contributed by atoms with van der Waals surface area (Å²) in [6.07, 6.45) is 3.10. The van der Waals surface area contributed by atoms with Gasteiger partial charge in [-0.05, 0) is 36.4 Å². The molecule has 1 atom stereocenters. The van der Waals surface area contributed by atoms with Crippen molar-refractivity contribution in [3.8, 4) is 12.4 Å². The molecule has 132 valence electrons. The van der Waals surface area contributed by atoms with Crippen molar-refractivity contribution >= 4 is 45.9 Å². The van der Waals surface area contributed by atoms with Crippen molar-refractivity contribution in [2.45, 2.75) is 6.04 Å². The molecule has 2 aromatic carbocycles. The number of nitrogens with zero attached hydrogens (tertiary/aromatic N) is 3. The van der Waals surface area contributed by atoms with Crippen LogP contribution in [0, 0.1) is 22.9 Å². The van der Waals surface area contributed by atoms with Gasteiger partial charge in [-0.25, -0.2) is 0 Å². The van der Waals surface area contributed by atoms with Crippen LogP contribution in [0.1, 0.15) is 20.7 Å². The minimum Gasteiger partial charge on any atom is -0.398 e. The number of carbonyl (C=O) groups is 2. The first-order valence-electron chi connectivity index (χ1n) is 7.63. The molecule has 9 heteroatoms. The van der Waals surface area contributed by atoms with E-state index in [9.17, 15) is 9.59 Å². The molecular weight excluding hydrogens is 368 g/mol. The SMILES string of the molecule is N#CN=C1C(=O)c2c(Nc3ccc(Cl)cc3)ccc(N)c2C(=O)C1NC#N. The Morgan fingerprint density at radius 3 is 2.41 bits per heavy atom. The van der Waals surface area contributed by atoms with E-state index in [1.807, 2.05) is 0 Å². The average Bonchev–Trinajstić information content (AvgIpc) is 2.65. The molecule has 0 spiro atoms. The van der Waals surface area contributed by atoms with Crippen LogP contribution in [0.25, 0.3) is 0 Å². The number of nitrogen functional groups attached to an aromatic ring is 1. The first-order chi connectivity index (χ1) is 13.0. The molecule has 0 saturated carbocycles. The third kappa shape index (κ3) is 3.17. The van der Waals surface area contributed by atoms with Crippen LogP contribution in [0.2, 0.25) is 5.02 Å². The van der Waals surface area contributed by atoms with E-state index in [0.29, 0.717) is 16.4 Å². The van der Waals surface area contributed by atoms with E-state index in [2.05, 4.69) is 15.6 Å². The Morgan fingerprint density at radius 2 is 1.78 bits per heavy atom. The van der Waals surface area contributed by atoms with Crippen molar-refractivity contribution in [3.63, 3.8) is 0 Å². The van der Waals surface area contributed by atoms with Crippen molar-refractivity contribution < 1.29 is 9.59 Å². The van der Waals surface area contributed by atoms with E-state index in [-0.39, 0.29) is 22.5 Å². The molecular formula is C18H11ClN6O2. The summed E-state index contributed by atoms with van der Waals surface area (Å²) in [4.78, 5) is 29.2. The molecule has 1 aliphatic rings. The van der Waals surface area contributed by atoms with E-state index in [1.165, 1.54) is 12.3 Å². The highest BCUT2D eigenvalue weighted by Crippen LogP contribution is 2.33. The number of nitrogens with one attached hydrogen (secondary N) is 2. The monoisotopic (exact) mass is 378 g/mol. The Labute approximate surface area is 158 Å². The van der Waals surface area contributed by atoms with E-state index in [4.69, 9.17) is 27.9 Å². The molecule has 0 radical (unpaired) electrons. The van der Waals surface area contributed by atoms with Gasteiger partial charge in [-0.1, -0.05) is 11.6 Å². The number of rotatable bonds is 3. The summed E-state index contributed by atoms with van der Waals surface area (Å²) < 4.78 is 0. The van der Waals surface area contributed by atoms with Gasteiger partial charge in [0.1, 0.15) is 11.8 Å². The van der Waals surface area contributed by atoms with E-state index >= 15 is 0 Å². The maximum atomic E-state index is 13.0. The van der Waals surface area contributed by atoms with E-state index in [0.717, 1.165) is 0 Å². The Bertz CT molecular complexity index is 1060. The lowest BCUT2D eigenvalue weighted by molar-refractivity contribution is 0.0943. The standard InChI is InChI=1S/C18H11ClN6O2/c19-9-1-3-10(4-2-9)25-12-6-5-11(22)13-14(12)18(27)16(24-8-21)15(17(13)26)23-7-20/h1-6,15,23,25H,22H2. The summed E-state index contributed by atoms with van der Waals surface area (Å²) in [6, 6.07) is 8.40. The van der Waals surface area contributed by atoms with Crippen LogP contribution in [-0.2, 0) is 0 Å². The highest BCUT2D eigenvalue weighted by atomic mass is 35.5. The van der Waals surface area contributed by atoms with Gasteiger partial charge in [0.15, 0.2) is 12.0 Å². The van der Waals surface area contributed by atoms with Gasteiger partial charge in [-0.2, -0.15) is 15.5 Å². The predicted molar refractivity (Wildman–Crippen MR) is 99.8 cm³/mol. The second-order valence-electron chi connectivity index (χ2n) is 5.56. The van der Waals surface area contributed by atoms with Gasteiger partial charge in [0.25, 0.3) is 0 Å². The molecule has 0 amide bonds. The fraction of sp³-hybridized carbons (Fsp3) is 0.0556. The molecule has 0 saturated heterocycles. The van der Waals surface area contributed by atoms with E-state index in [1.54, 1.807) is 36.5 Å². The Morgan fingerprint density at radius 1 is 1.07 bits per heavy atom. The number of fused-ring (bicyclic) bond motifs is 1. The molecule has 0 aliphatic heterocycles. The van der Waals surface area contributed by atoms with Crippen molar-refractivity contribution in [1.29, 1.82) is 10.5 Å². The zero-order chi connectivity index (χ0) is 19.6. The summed E-state index contributed by atoms with van der Waals surface area (Å²) in [6.45, 7) is 0. The van der Waals surface area contributed by atoms with Crippen LogP contribution in [0.3, 0.4) is 0 Å². The van der Waals surface area contributed by atoms with Crippen LogP contribution in [-0.4, -0.2) is 23.3 Å². The molecule has 0 aromatic heterocycles. The number of hydrogen-bond acceptors (Lipinski definition) is 8. The number of halogens is 1. The fourth-order valence-electron chi connectivity index (χ4n) is 2.81. The van der Waals surface area contributed by atoms with Crippen LogP contribution in [0.5, 0.6) is 0 Å². The second-order valence-corrected chi connectivity index (χ2v) is 6.00. The number of nitriles is 2. The number of anilines is 3.